The van der Waals surface area contributed by atoms with E-state index in [9.17, 15) is 8.42 Å². The molecule has 0 saturated carbocycles. The largest absolute Gasteiger partial charge is 0.449 e. The van der Waals surface area contributed by atoms with Gasteiger partial charge in [0.1, 0.15) is 17.6 Å². The fourth-order valence-electron chi connectivity index (χ4n) is 3.62. The van der Waals surface area contributed by atoms with Crippen LogP contribution in [0.2, 0.25) is 0 Å². The summed E-state index contributed by atoms with van der Waals surface area (Å²) < 4.78 is 36.0. The average Bonchev–Trinajstić information content (AvgIpc) is 3.41. The molecular formula is C25H22N4O3S. The van der Waals surface area contributed by atoms with Crippen LogP contribution in [0.3, 0.4) is 0 Å². The molecule has 5 aromatic rings. The van der Waals surface area contributed by atoms with Gasteiger partial charge in [0.25, 0.3) is 10.0 Å². The summed E-state index contributed by atoms with van der Waals surface area (Å²) >= 11 is 0. The summed E-state index contributed by atoms with van der Waals surface area (Å²) in [6.45, 7) is 5.65. The first-order valence-corrected chi connectivity index (χ1v) is 11.9. The normalized spacial score (nSPS) is 11.7. The monoisotopic (exact) mass is 458 g/mol. The average molecular weight is 459 g/mol. The molecule has 0 aliphatic rings. The molecule has 5 rings (SSSR count). The summed E-state index contributed by atoms with van der Waals surface area (Å²) in [5.41, 5.74) is 6.34. The lowest BCUT2D eigenvalue weighted by Crippen LogP contribution is -2.13. The number of pyridine rings is 1. The summed E-state index contributed by atoms with van der Waals surface area (Å²) in [7, 11) is -3.78. The fraction of sp³-hybridized carbons (Fsp3) is 0.120. The molecule has 0 aliphatic carbocycles. The van der Waals surface area contributed by atoms with Crippen LogP contribution in [0.25, 0.3) is 28.2 Å². The van der Waals surface area contributed by atoms with Crippen molar-refractivity contribution in [1.29, 1.82) is 0 Å². The lowest BCUT2D eigenvalue weighted by molar-refractivity contribution is 0.521. The molecule has 0 spiro atoms. The smallest absolute Gasteiger partial charge is 0.261 e. The van der Waals surface area contributed by atoms with Gasteiger partial charge >= 0.3 is 0 Å². The van der Waals surface area contributed by atoms with E-state index in [2.05, 4.69) is 14.7 Å². The van der Waals surface area contributed by atoms with Crippen molar-refractivity contribution in [2.75, 3.05) is 4.72 Å². The van der Waals surface area contributed by atoms with Crippen LogP contribution in [0, 0.1) is 20.8 Å². The highest BCUT2D eigenvalue weighted by Gasteiger charge is 2.17. The van der Waals surface area contributed by atoms with Crippen LogP contribution >= 0.6 is 0 Å². The van der Waals surface area contributed by atoms with E-state index in [1.165, 1.54) is 0 Å². The third-order valence-electron chi connectivity index (χ3n) is 5.47. The molecule has 0 fully saturated rings. The summed E-state index contributed by atoms with van der Waals surface area (Å²) in [4.78, 5) is 9.12. The lowest BCUT2D eigenvalue weighted by atomic mass is 10.1. The lowest BCUT2D eigenvalue weighted by Gasteiger charge is -2.12. The van der Waals surface area contributed by atoms with E-state index < -0.39 is 10.0 Å². The van der Waals surface area contributed by atoms with E-state index in [1.807, 2.05) is 61.0 Å². The van der Waals surface area contributed by atoms with Crippen LogP contribution in [-0.4, -0.2) is 22.8 Å². The SMILES string of the molecule is Cc1ccn2cc(-c3ccc(C)c(NS(=O)(=O)c4ccc(-c5coc(C)n5)cc4)c3)nc2c1. The minimum atomic E-state index is -3.78. The van der Waals surface area contributed by atoms with Crippen LogP contribution in [0.5, 0.6) is 0 Å². The number of hydrogen-bond donors (Lipinski definition) is 1. The quantitative estimate of drug-likeness (QED) is 0.382. The van der Waals surface area contributed by atoms with Crippen molar-refractivity contribution >= 4 is 21.4 Å². The second-order valence-corrected chi connectivity index (χ2v) is 9.69. The molecule has 7 nitrogen and oxygen atoms in total. The molecule has 3 aromatic heterocycles. The van der Waals surface area contributed by atoms with Crippen molar-refractivity contribution < 1.29 is 12.8 Å². The van der Waals surface area contributed by atoms with Gasteiger partial charge in [0.05, 0.1) is 16.3 Å². The standard InChI is InChI=1S/C25H22N4O3S/c1-16-10-11-29-14-23(27-25(29)12-16)20-5-4-17(2)22(13-20)28-33(30,31)21-8-6-19(7-9-21)24-15-32-18(3)26-24/h4-15,28H,1-3H3. The molecule has 33 heavy (non-hydrogen) atoms. The number of anilines is 1. The Kier molecular flexibility index (Phi) is 5.02. The molecular weight excluding hydrogens is 436 g/mol. The Labute approximate surface area is 191 Å². The highest BCUT2D eigenvalue weighted by atomic mass is 32.2. The highest BCUT2D eigenvalue weighted by molar-refractivity contribution is 7.92. The number of imidazole rings is 1. The predicted octanol–water partition coefficient (Wildman–Crippen LogP) is 5.38. The van der Waals surface area contributed by atoms with E-state index in [0.717, 1.165) is 33.6 Å². The number of benzene rings is 2. The number of hydrogen-bond acceptors (Lipinski definition) is 5. The van der Waals surface area contributed by atoms with E-state index in [4.69, 9.17) is 4.42 Å². The number of nitrogens with one attached hydrogen (secondary N) is 1. The molecule has 0 atom stereocenters. The predicted molar refractivity (Wildman–Crippen MR) is 128 cm³/mol. The van der Waals surface area contributed by atoms with Gasteiger partial charge in [0, 0.05) is 30.4 Å². The van der Waals surface area contributed by atoms with Crippen molar-refractivity contribution in [1.82, 2.24) is 14.4 Å². The van der Waals surface area contributed by atoms with Crippen molar-refractivity contribution in [2.24, 2.45) is 0 Å². The van der Waals surface area contributed by atoms with Gasteiger partial charge in [0.2, 0.25) is 0 Å². The molecule has 2 aromatic carbocycles. The highest BCUT2D eigenvalue weighted by Crippen LogP contribution is 2.28. The summed E-state index contributed by atoms with van der Waals surface area (Å²) in [5.74, 6) is 0.555. The number of aromatic nitrogens is 3. The van der Waals surface area contributed by atoms with Gasteiger partial charge in [-0.2, -0.15) is 0 Å². The maximum atomic E-state index is 13.1. The third-order valence-corrected chi connectivity index (χ3v) is 6.85. The fourth-order valence-corrected chi connectivity index (χ4v) is 4.74. The van der Waals surface area contributed by atoms with E-state index >= 15 is 0 Å². The number of nitrogens with zero attached hydrogens (tertiary/aromatic N) is 3. The van der Waals surface area contributed by atoms with Gasteiger partial charge in [-0.25, -0.2) is 18.4 Å². The van der Waals surface area contributed by atoms with Gasteiger partial charge < -0.3 is 8.82 Å². The van der Waals surface area contributed by atoms with E-state index in [0.29, 0.717) is 17.3 Å². The first-order valence-electron chi connectivity index (χ1n) is 10.4. The zero-order valence-corrected chi connectivity index (χ0v) is 19.2. The number of aryl methyl sites for hydroxylation is 3. The molecule has 166 valence electrons. The van der Waals surface area contributed by atoms with Gasteiger partial charge in [-0.3, -0.25) is 4.72 Å². The van der Waals surface area contributed by atoms with Crippen molar-refractivity contribution in [3.8, 4) is 22.5 Å². The number of sulfonamides is 1. The second-order valence-electron chi connectivity index (χ2n) is 8.01. The first kappa shape index (κ1) is 21.0. The van der Waals surface area contributed by atoms with Gasteiger partial charge in [-0.15, -0.1) is 0 Å². The van der Waals surface area contributed by atoms with Crippen molar-refractivity contribution in [3.63, 3.8) is 0 Å². The molecule has 0 aliphatic heterocycles. The van der Waals surface area contributed by atoms with Crippen LogP contribution in [0.15, 0.2) is 82.6 Å². The van der Waals surface area contributed by atoms with E-state index in [-0.39, 0.29) is 4.90 Å². The Morgan fingerprint density at radius 3 is 2.36 bits per heavy atom. The van der Waals surface area contributed by atoms with Gasteiger partial charge in [-0.1, -0.05) is 24.3 Å². The summed E-state index contributed by atoms with van der Waals surface area (Å²) in [6, 6.07) is 16.2. The maximum Gasteiger partial charge on any atom is 0.261 e. The van der Waals surface area contributed by atoms with E-state index in [1.54, 1.807) is 37.5 Å². The molecule has 0 saturated heterocycles. The molecule has 0 amide bonds. The number of rotatable bonds is 5. The molecule has 0 unspecified atom stereocenters. The molecule has 1 N–H and O–H groups in total. The van der Waals surface area contributed by atoms with Gasteiger partial charge in [0.15, 0.2) is 5.89 Å². The van der Waals surface area contributed by atoms with Crippen molar-refractivity contribution in [3.05, 3.63) is 90.3 Å². The van der Waals surface area contributed by atoms with Crippen LogP contribution in [0.1, 0.15) is 17.0 Å². The third kappa shape index (κ3) is 4.12. The van der Waals surface area contributed by atoms with Crippen LogP contribution in [0.4, 0.5) is 5.69 Å². The van der Waals surface area contributed by atoms with Gasteiger partial charge in [-0.05, 0) is 55.3 Å². The molecule has 0 bridgehead atoms. The number of oxazole rings is 1. The zero-order valence-electron chi connectivity index (χ0n) is 18.4. The first-order chi connectivity index (χ1) is 15.8. The summed E-state index contributed by atoms with van der Waals surface area (Å²) in [5, 5.41) is 0. The minimum absolute atomic E-state index is 0.166. The molecule has 3 heterocycles. The second kappa shape index (κ2) is 7.90. The molecule has 8 heteroatoms. The Morgan fingerprint density at radius 1 is 0.879 bits per heavy atom. The van der Waals surface area contributed by atoms with Crippen molar-refractivity contribution in [2.45, 2.75) is 25.7 Å². The zero-order chi connectivity index (χ0) is 23.2. The molecule has 0 radical (unpaired) electrons. The summed E-state index contributed by atoms with van der Waals surface area (Å²) in [6.07, 6.45) is 5.44. The van der Waals surface area contributed by atoms with Crippen LogP contribution in [-0.2, 0) is 10.0 Å². The topological polar surface area (TPSA) is 89.5 Å². The Morgan fingerprint density at radius 2 is 1.64 bits per heavy atom. The Bertz CT molecular complexity index is 1580. The van der Waals surface area contributed by atoms with Crippen LogP contribution < -0.4 is 4.72 Å². The maximum absolute atomic E-state index is 13.1. The number of fused-ring (bicyclic) bond motifs is 1. The Balaban J connectivity index is 1.44. The minimum Gasteiger partial charge on any atom is -0.449 e. The Hall–Kier alpha value is -3.91.